The van der Waals surface area contributed by atoms with Crippen LogP contribution in [0.25, 0.3) is 0 Å². The Morgan fingerprint density at radius 3 is 3.12 bits per heavy atom. The molecule has 1 N–H and O–H groups in total. The number of hydrogen-bond acceptors (Lipinski definition) is 3. The molecule has 1 amide bonds. The molecule has 0 aliphatic carbocycles. The molecule has 0 saturated carbocycles. The van der Waals surface area contributed by atoms with Crippen molar-refractivity contribution >= 4 is 17.3 Å². The van der Waals surface area contributed by atoms with Gasteiger partial charge in [-0.1, -0.05) is 13.0 Å². The number of hydrogen-bond donors (Lipinski definition) is 1. The number of nitriles is 1. The predicted molar refractivity (Wildman–Crippen MR) is 64.7 cm³/mol. The zero-order chi connectivity index (χ0) is 12.0. The van der Waals surface area contributed by atoms with E-state index in [0.717, 1.165) is 18.7 Å². The molecule has 3 rings (SSSR count). The quantitative estimate of drug-likeness (QED) is 0.734. The van der Waals surface area contributed by atoms with Crippen LogP contribution in [-0.4, -0.2) is 18.5 Å². The van der Waals surface area contributed by atoms with Crippen LogP contribution < -0.4 is 10.2 Å². The van der Waals surface area contributed by atoms with E-state index >= 15 is 0 Å². The van der Waals surface area contributed by atoms with Crippen molar-refractivity contribution in [1.82, 2.24) is 0 Å². The predicted octanol–water partition coefficient (Wildman–Crippen LogP) is 1.73. The highest BCUT2D eigenvalue weighted by atomic mass is 16.2. The third-order valence-electron chi connectivity index (χ3n) is 3.69. The summed E-state index contributed by atoms with van der Waals surface area (Å²) in [5, 5.41) is 11.9. The van der Waals surface area contributed by atoms with Gasteiger partial charge in [0.25, 0.3) is 0 Å². The van der Waals surface area contributed by atoms with Crippen molar-refractivity contribution in [2.45, 2.75) is 19.4 Å². The maximum absolute atomic E-state index is 12.1. The normalized spacial score (nSPS) is 25.9. The molecule has 0 bridgehead atoms. The van der Waals surface area contributed by atoms with Crippen LogP contribution >= 0.6 is 0 Å². The molecule has 2 atom stereocenters. The standard InChI is InChI=1S/C13H13N3O/c1-8-5-6-16-10-4-2-3-9(7-14)11(10)15-13(17)12(8)16/h2-4,8,12H,5-6H2,1H3,(H,15,17). The van der Waals surface area contributed by atoms with E-state index in [1.54, 1.807) is 6.07 Å². The van der Waals surface area contributed by atoms with E-state index in [9.17, 15) is 4.79 Å². The van der Waals surface area contributed by atoms with Gasteiger partial charge in [-0.25, -0.2) is 0 Å². The molecule has 4 heteroatoms. The van der Waals surface area contributed by atoms with Gasteiger partial charge in [0, 0.05) is 6.54 Å². The van der Waals surface area contributed by atoms with E-state index in [1.165, 1.54) is 0 Å². The number of anilines is 2. The SMILES string of the molecule is CC1CCN2c3cccc(C#N)c3NC(=O)C12. The zero-order valence-corrected chi connectivity index (χ0v) is 9.60. The van der Waals surface area contributed by atoms with Crippen LogP contribution in [-0.2, 0) is 4.79 Å². The van der Waals surface area contributed by atoms with Crippen molar-refractivity contribution in [3.63, 3.8) is 0 Å². The van der Waals surface area contributed by atoms with E-state index in [0.29, 0.717) is 17.2 Å². The minimum absolute atomic E-state index is 0.0187. The minimum Gasteiger partial charge on any atom is -0.358 e. The number of fused-ring (bicyclic) bond motifs is 3. The Kier molecular flexibility index (Phi) is 2.08. The Morgan fingerprint density at radius 1 is 1.53 bits per heavy atom. The molecule has 4 nitrogen and oxygen atoms in total. The molecule has 0 radical (unpaired) electrons. The van der Waals surface area contributed by atoms with Gasteiger partial charge in [0.2, 0.25) is 5.91 Å². The smallest absolute Gasteiger partial charge is 0.247 e. The van der Waals surface area contributed by atoms with Gasteiger partial charge in [-0.2, -0.15) is 5.26 Å². The fourth-order valence-corrected chi connectivity index (χ4v) is 2.82. The average molecular weight is 227 g/mol. The van der Waals surface area contributed by atoms with Crippen LogP contribution in [0.1, 0.15) is 18.9 Å². The summed E-state index contributed by atoms with van der Waals surface area (Å²) in [5.41, 5.74) is 2.19. The first kappa shape index (κ1) is 10.2. The van der Waals surface area contributed by atoms with Crippen LogP contribution in [0.4, 0.5) is 11.4 Å². The lowest BCUT2D eigenvalue weighted by atomic mass is 9.99. The van der Waals surface area contributed by atoms with Crippen LogP contribution in [0.5, 0.6) is 0 Å². The van der Waals surface area contributed by atoms with E-state index < -0.39 is 0 Å². The summed E-state index contributed by atoms with van der Waals surface area (Å²) in [6, 6.07) is 7.63. The Hall–Kier alpha value is -2.02. The van der Waals surface area contributed by atoms with Gasteiger partial charge in [0.15, 0.2) is 0 Å². The Morgan fingerprint density at radius 2 is 2.35 bits per heavy atom. The van der Waals surface area contributed by atoms with E-state index in [4.69, 9.17) is 5.26 Å². The highest BCUT2D eigenvalue weighted by Crippen LogP contribution is 2.40. The Bertz CT molecular complexity index is 532. The molecule has 2 aliphatic rings. The average Bonchev–Trinajstić information content (AvgIpc) is 2.72. The third-order valence-corrected chi connectivity index (χ3v) is 3.69. The Balaban J connectivity index is 2.15. The maximum atomic E-state index is 12.1. The number of para-hydroxylation sites is 1. The second-order valence-electron chi connectivity index (χ2n) is 4.70. The lowest BCUT2D eigenvalue weighted by Gasteiger charge is -2.34. The van der Waals surface area contributed by atoms with Crippen molar-refractivity contribution in [3.8, 4) is 6.07 Å². The fourth-order valence-electron chi connectivity index (χ4n) is 2.82. The summed E-state index contributed by atoms with van der Waals surface area (Å²) in [5.74, 6) is 0.388. The monoisotopic (exact) mass is 227 g/mol. The molecule has 1 aromatic rings. The number of nitrogens with one attached hydrogen (secondary N) is 1. The summed E-state index contributed by atoms with van der Waals surface area (Å²) in [6.07, 6.45) is 1.02. The summed E-state index contributed by atoms with van der Waals surface area (Å²) < 4.78 is 0. The van der Waals surface area contributed by atoms with E-state index in [1.807, 2.05) is 12.1 Å². The van der Waals surface area contributed by atoms with Gasteiger partial charge in [0.1, 0.15) is 12.1 Å². The topological polar surface area (TPSA) is 56.1 Å². The molecule has 2 heterocycles. The van der Waals surface area contributed by atoms with Crippen LogP contribution in [0, 0.1) is 17.2 Å². The second kappa shape index (κ2) is 3.49. The van der Waals surface area contributed by atoms with Crippen molar-refractivity contribution in [1.29, 1.82) is 5.26 Å². The maximum Gasteiger partial charge on any atom is 0.247 e. The van der Waals surface area contributed by atoms with Gasteiger partial charge >= 0.3 is 0 Å². The highest BCUT2D eigenvalue weighted by Gasteiger charge is 2.41. The van der Waals surface area contributed by atoms with Crippen LogP contribution in [0.2, 0.25) is 0 Å². The zero-order valence-electron chi connectivity index (χ0n) is 9.60. The summed E-state index contributed by atoms with van der Waals surface area (Å²) in [4.78, 5) is 14.2. The van der Waals surface area contributed by atoms with Crippen molar-refractivity contribution in [2.24, 2.45) is 5.92 Å². The van der Waals surface area contributed by atoms with E-state index in [2.05, 4.69) is 23.2 Å². The minimum atomic E-state index is -0.0727. The van der Waals surface area contributed by atoms with Gasteiger partial charge < -0.3 is 10.2 Å². The van der Waals surface area contributed by atoms with Crippen molar-refractivity contribution in [2.75, 3.05) is 16.8 Å². The molecule has 0 aromatic heterocycles. The number of carbonyl (C=O) groups excluding carboxylic acids is 1. The van der Waals surface area contributed by atoms with Gasteiger partial charge in [-0.3, -0.25) is 4.79 Å². The summed E-state index contributed by atoms with van der Waals surface area (Å²) in [7, 11) is 0. The summed E-state index contributed by atoms with van der Waals surface area (Å²) in [6.45, 7) is 2.99. The molecule has 1 aromatic carbocycles. The van der Waals surface area contributed by atoms with Crippen LogP contribution in [0.15, 0.2) is 18.2 Å². The van der Waals surface area contributed by atoms with Gasteiger partial charge in [-0.05, 0) is 24.5 Å². The molecular formula is C13H13N3O. The molecule has 1 fully saturated rings. The lowest BCUT2D eigenvalue weighted by molar-refractivity contribution is -0.118. The van der Waals surface area contributed by atoms with Crippen molar-refractivity contribution in [3.05, 3.63) is 23.8 Å². The first-order chi connectivity index (χ1) is 8.22. The molecule has 0 spiro atoms. The lowest BCUT2D eigenvalue weighted by Crippen LogP contribution is -2.46. The van der Waals surface area contributed by atoms with Gasteiger partial charge in [-0.15, -0.1) is 0 Å². The fraction of sp³-hybridized carbons (Fsp3) is 0.385. The molecule has 2 aliphatic heterocycles. The largest absolute Gasteiger partial charge is 0.358 e. The summed E-state index contributed by atoms with van der Waals surface area (Å²) >= 11 is 0. The number of amides is 1. The number of rotatable bonds is 0. The second-order valence-corrected chi connectivity index (χ2v) is 4.70. The molecule has 86 valence electrons. The highest BCUT2D eigenvalue weighted by molar-refractivity contribution is 6.05. The van der Waals surface area contributed by atoms with Gasteiger partial charge in [0.05, 0.1) is 16.9 Å². The molecular weight excluding hydrogens is 214 g/mol. The number of nitrogens with zero attached hydrogens (tertiary/aromatic N) is 2. The van der Waals surface area contributed by atoms with Crippen LogP contribution in [0.3, 0.4) is 0 Å². The third kappa shape index (κ3) is 1.32. The first-order valence-electron chi connectivity index (χ1n) is 5.83. The Labute approximate surface area is 99.8 Å². The number of benzene rings is 1. The number of carbonyl (C=O) groups is 1. The molecule has 17 heavy (non-hydrogen) atoms. The molecule has 2 unspecified atom stereocenters. The van der Waals surface area contributed by atoms with Crippen molar-refractivity contribution < 1.29 is 4.79 Å². The first-order valence-corrected chi connectivity index (χ1v) is 5.83. The van der Waals surface area contributed by atoms with E-state index in [-0.39, 0.29) is 11.9 Å². The molecule has 1 saturated heterocycles.